The summed E-state index contributed by atoms with van der Waals surface area (Å²) in [6, 6.07) is 7.46. The summed E-state index contributed by atoms with van der Waals surface area (Å²) in [5.74, 6) is 0.437. The monoisotopic (exact) mass is 419 g/mol. The summed E-state index contributed by atoms with van der Waals surface area (Å²) in [4.78, 5) is 4.48. The number of rotatable bonds is 6. The quantitative estimate of drug-likeness (QED) is 0.595. The van der Waals surface area contributed by atoms with Gasteiger partial charge in [-0.05, 0) is 63.9 Å². The Hall–Kier alpha value is -2.08. The molecule has 8 heteroatoms. The highest BCUT2D eigenvalue weighted by molar-refractivity contribution is 7.57. The Labute approximate surface area is 172 Å². The highest BCUT2D eigenvalue weighted by Crippen LogP contribution is 2.61. The summed E-state index contributed by atoms with van der Waals surface area (Å²) in [5, 5.41) is 16.8. The first-order valence-electron chi connectivity index (χ1n) is 9.76. The van der Waals surface area contributed by atoms with E-state index < -0.39 is 13.2 Å². The Bertz CT molecular complexity index is 936. The van der Waals surface area contributed by atoms with Gasteiger partial charge in [-0.2, -0.15) is 0 Å². The highest BCUT2D eigenvalue weighted by Gasteiger charge is 2.45. The number of anilines is 1. The number of hydrogen-bond donors (Lipinski definition) is 3. The SMILES string of the molecule is COc1cc(C(CNc2ccc(C)nc2C)P2(=O)N[C@@H](C)[C@H](C)O2)cc(C)c1O. The molecule has 0 bridgehead atoms. The number of aromatic hydroxyl groups is 1. The van der Waals surface area contributed by atoms with E-state index in [4.69, 9.17) is 9.26 Å². The number of nitrogens with zero attached hydrogens (tertiary/aromatic N) is 1. The number of benzene rings is 1. The van der Waals surface area contributed by atoms with Gasteiger partial charge in [-0.25, -0.2) is 5.09 Å². The van der Waals surface area contributed by atoms with Crippen LogP contribution in [-0.2, 0) is 9.09 Å². The Morgan fingerprint density at radius 3 is 2.62 bits per heavy atom. The van der Waals surface area contributed by atoms with E-state index in [1.165, 1.54) is 7.11 Å². The minimum absolute atomic E-state index is 0.0220. The van der Waals surface area contributed by atoms with Gasteiger partial charge in [0.1, 0.15) is 0 Å². The molecule has 1 aromatic heterocycles. The number of nitrogens with one attached hydrogen (secondary N) is 2. The van der Waals surface area contributed by atoms with Crippen LogP contribution in [0.15, 0.2) is 24.3 Å². The van der Waals surface area contributed by atoms with E-state index in [-0.39, 0.29) is 17.9 Å². The number of ether oxygens (including phenoxy) is 1. The first-order valence-corrected chi connectivity index (χ1v) is 11.5. The Morgan fingerprint density at radius 1 is 1.31 bits per heavy atom. The third kappa shape index (κ3) is 4.42. The fourth-order valence-electron chi connectivity index (χ4n) is 3.56. The Balaban J connectivity index is 1.99. The van der Waals surface area contributed by atoms with Crippen molar-refractivity contribution in [3.05, 3.63) is 46.8 Å². The molecule has 0 amide bonds. The number of pyridine rings is 1. The predicted octanol–water partition coefficient (Wildman–Crippen LogP) is 4.46. The van der Waals surface area contributed by atoms with Crippen LogP contribution in [0, 0.1) is 20.8 Å². The van der Waals surface area contributed by atoms with E-state index in [2.05, 4.69) is 15.4 Å². The number of aryl methyl sites for hydroxylation is 3. The van der Waals surface area contributed by atoms with Gasteiger partial charge in [0, 0.05) is 18.3 Å². The van der Waals surface area contributed by atoms with Crippen molar-refractivity contribution in [2.24, 2.45) is 0 Å². The van der Waals surface area contributed by atoms with E-state index in [0.717, 1.165) is 22.6 Å². The molecular weight excluding hydrogens is 389 g/mol. The minimum Gasteiger partial charge on any atom is -0.504 e. The molecule has 0 radical (unpaired) electrons. The molecule has 29 heavy (non-hydrogen) atoms. The molecule has 2 unspecified atom stereocenters. The van der Waals surface area contributed by atoms with E-state index in [1.807, 2.05) is 45.9 Å². The molecule has 4 atom stereocenters. The van der Waals surface area contributed by atoms with Gasteiger partial charge in [-0.15, -0.1) is 0 Å². The van der Waals surface area contributed by atoms with Crippen LogP contribution >= 0.6 is 7.52 Å². The van der Waals surface area contributed by atoms with Crippen molar-refractivity contribution < 1.29 is 18.9 Å². The van der Waals surface area contributed by atoms with E-state index in [0.29, 0.717) is 17.9 Å². The molecule has 1 aromatic carbocycles. The standard InChI is InChI=1S/C21H30N3O4P/c1-12-9-17(10-19(27-6)21(12)25)20(29(26)24-14(3)16(5)28-29)11-22-18-8-7-13(2)23-15(18)4/h7-10,14,16,20,22,25H,11H2,1-6H3,(H,24,26)/t14-,16-,20?,29?/m0/s1. The van der Waals surface area contributed by atoms with Crippen LogP contribution in [0.1, 0.15) is 42.0 Å². The van der Waals surface area contributed by atoms with Crippen LogP contribution in [-0.4, -0.2) is 35.9 Å². The van der Waals surface area contributed by atoms with Crippen molar-refractivity contribution in [2.45, 2.75) is 52.4 Å². The lowest BCUT2D eigenvalue weighted by atomic mass is 10.1. The van der Waals surface area contributed by atoms with Crippen LogP contribution < -0.4 is 15.1 Å². The van der Waals surface area contributed by atoms with E-state index >= 15 is 0 Å². The second kappa shape index (κ2) is 8.34. The fourth-order valence-corrected chi connectivity index (χ4v) is 6.27. The summed E-state index contributed by atoms with van der Waals surface area (Å²) in [6.07, 6.45) is -0.161. The van der Waals surface area contributed by atoms with Gasteiger partial charge in [-0.3, -0.25) is 9.55 Å². The molecule has 3 rings (SSSR count). The van der Waals surface area contributed by atoms with Crippen molar-refractivity contribution in [2.75, 3.05) is 19.0 Å². The largest absolute Gasteiger partial charge is 0.504 e. The fraction of sp³-hybridized carbons (Fsp3) is 0.476. The molecule has 1 saturated heterocycles. The number of methoxy groups -OCH3 is 1. The summed E-state index contributed by atoms with van der Waals surface area (Å²) >= 11 is 0. The number of phenols is 1. The third-order valence-corrected chi connectivity index (χ3v) is 8.14. The molecule has 158 valence electrons. The van der Waals surface area contributed by atoms with Gasteiger partial charge in [-0.1, -0.05) is 6.07 Å². The Kier molecular flexibility index (Phi) is 6.22. The molecule has 1 fully saturated rings. The molecule has 0 aliphatic carbocycles. The summed E-state index contributed by atoms with van der Waals surface area (Å²) < 4.78 is 25.1. The number of hydrogen-bond acceptors (Lipinski definition) is 6. The lowest BCUT2D eigenvalue weighted by Crippen LogP contribution is -2.25. The van der Waals surface area contributed by atoms with Gasteiger partial charge < -0.3 is 19.7 Å². The van der Waals surface area contributed by atoms with Crippen LogP contribution in [0.5, 0.6) is 11.5 Å². The number of phenolic OH excluding ortho intramolecular Hbond substituents is 1. The third-order valence-electron chi connectivity index (χ3n) is 5.42. The second-order valence-electron chi connectivity index (χ2n) is 7.70. The van der Waals surface area contributed by atoms with Crippen molar-refractivity contribution in [3.8, 4) is 11.5 Å². The zero-order valence-electron chi connectivity index (χ0n) is 17.8. The Morgan fingerprint density at radius 2 is 2.03 bits per heavy atom. The molecule has 0 spiro atoms. The van der Waals surface area contributed by atoms with Crippen molar-refractivity contribution in [3.63, 3.8) is 0 Å². The first-order chi connectivity index (χ1) is 13.6. The molecular formula is C21H30N3O4P. The average Bonchev–Trinajstić information content (AvgIpc) is 2.92. The average molecular weight is 419 g/mol. The molecule has 1 aliphatic rings. The zero-order valence-corrected chi connectivity index (χ0v) is 18.7. The minimum atomic E-state index is -3.21. The molecule has 2 aromatic rings. The molecule has 2 heterocycles. The van der Waals surface area contributed by atoms with Crippen LogP contribution in [0.4, 0.5) is 5.69 Å². The van der Waals surface area contributed by atoms with Gasteiger partial charge in [0.25, 0.3) is 7.52 Å². The van der Waals surface area contributed by atoms with Crippen molar-refractivity contribution >= 4 is 13.2 Å². The first kappa shape index (κ1) is 21.6. The molecule has 7 nitrogen and oxygen atoms in total. The van der Waals surface area contributed by atoms with Gasteiger partial charge in [0.2, 0.25) is 0 Å². The maximum Gasteiger partial charge on any atom is 0.279 e. The van der Waals surface area contributed by atoms with Gasteiger partial charge in [0.15, 0.2) is 11.5 Å². The summed E-state index contributed by atoms with van der Waals surface area (Å²) in [7, 11) is -1.71. The molecule has 0 saturated carbocycles. The van der Waals surface area contributed by atoms with Crippen LogP contribution in [0.3, 0.4) is 0 Å². The zero-order chi connectivity index (χ0) is 21.3. The molecule has 3 N–H and O–H groups in total. The van der Waals surface area contributed by atoms with Gasteiger partial charge >= 0.3 is 0 Å². The molecule has 1 aliphatic heterocycles. The summed E-state index contributed by atoms with van der Waals surface area (Å²) in [5.41, 5.74) is 3.67. The van der Waals surface area contributed by atoms with Crippen molar-refractivity contribution in [1.82, 2.24) is 10.1 Å². The number of aromatic nitrogens is 1. The van der Waals surface area contributed by atoms with E-state index in [9.17, 15) is 9.67 Å². The maximum absolute atomic E-state index is 13.8. The van der Waals surface area contributed by atoms with Gasteiger partial charge in [0.05, 0.1) is 30.3 Å². The van der Waals surface area contributed by atoms with E-state index in [1.54, 1.807) is 13.0 Å². The highest BCUT2D eigenvalue weighted by atomic mass is 31.2. The normalized spacial score (nSPS) is 25.0. The van der Waals surface area contributed by atoms with Crippen LogP contribution in [0.2, 0.25) is 0 Å². The topological polar surface area (TPSA) is 92.7 Å². The van der Waals surface area contributed by atoms with Crippen LogP contribution in [0.25, 0.3) is 0 Å². The smallest absolute Gasteiger partial charge is 0.279 e. The second-order valence-corrected chi connectivity index (χ2v) is 9.98. The maximum atomic E-state index is 13.8. The van der Waals surface area contributed by atoms with Crippen molar-refractivity contribution in [1.29, 1.82) is 0 Å². The summed E-state index contributed by atoms with van der Waals surface area (Å²) in [6.45, 7) is 9.94. The predicted molar refractivity (Wildman–Crippen MR) is 115 cm³/mol. The lowest BCUT2D eigenvalue weighted by Gasteiger charge is -2.26. The lowest BCUT2D eigenvalue weighted by molar-refractivity contribution is 0.235.